The summed E-state index contributed by atoms with van der Waals surface area (Å²) >= 11 is 0. The fourth-order valence-electron chi connectivity index (χ4n) is 2.32. The summed E-state index contributed by atoms with van der Waals surface area (Å²) < 4.78 is 5.65. The van der Waals surface area contributed by atoms with E-state index in [1.54, 1.807) is 0 Å². The first-order chi connectivity index (χ1) is 10.2. The quantitative estimate of drug-likeness (QED) is 0.821. The summed E-state index contributed by atoms with van der Waals surface area (Å²) in [6.07, 6.45) is 2.69. The molecular weight excluding hydrogens is 262 g/mol. The van der Waals surface area contributed by atoms with Crippen molar-refractivity contribution in [3.63, 3.8) is 0 Å². The third-order valence-electron chi connectivity index (χ3n) is 3.91. The van der Waals surface area contributed by atoms with Gasteiger partial charge in [0.1, 0.15) is 6.61 Å². The fourth-order valence-corrected chi connectivity index (χ4v) is 2.32. The van der Waals surface area contributed by atoms with Gasteiger partial charge in [0.2, 0.25) is 5.88 Å². The number of nitrogens with zero attached hydrogens (tertiary/aromatic N) is 1. The molecule has 0 saturated heterocycles. The zero-order chi connectivity index (χ0) is 14.7. The Morgan fingerprint density at radius 2 is 2.10 bits per heavy atom. The minimum Gasteiger partial charge on any atom is -0.472 e. The maximum Gasteiger partial charge on any atom is 0.233 e. The lowest BCUT2D eigenvalue weighted by Crippen LogP contribution is -2.22. The number of hydrogen-bond donors (Lipinski definition) is 2. The maximum absolute atomic E-state index is 5.65. The van der Waals surface area contributed by atoms with Crippen LogP contribution in [-0.2, 0) is 6.61 Å². The third kappa shape index (κ3) is 4.08. The topological polar surface area (TPSA) is 49.9 Å². The van der Waals surface area contributed by atoms with Gasteiger partial charge in [0.15, 0.2) is 0 Å². The van der Waals surface area contributed by atoms with Crippen molar-refractivity contribution in [2.24, 2.45) is 0 Å². The van der Waals surface area contributed by atoms with Crippen molar-refractivity contribution in [1.82, 2.24) is 15.5 Å². The van der Waals surface area contributed by atoms with E-state index in [-0.39, 0.29) is 0 Å². The van der Waals surface area contributed by atoms with Crippen molar-refractivity contribution in [3.8, 4) is 5.88 Å². The Hall–Kier alpha value is -1.81. The summed E-state index contributed by atoms with van der Waals surface area (Å²) in [6.45, 7) is 5.85. The van der Waals surface area contributed by atoms with Crippen LogP contribution in [0, 0.1) is 6.92 Å². The van der Waals surface area contributed by atoms with Crippen LogP contribution < -0.4 is 10.1 Å². The van der Waals surface area contributed by atoms with Gasteiger partial charge < -0.3 is 10.1 Å². The second kappa shape index (κ2) is 6.31. The number of aryl methyl sites for hydroxylation is 1. The largest absolute Gasteiger partial charge is 0.472 e. The molecule has 2 aromatic rings. The van der Waals surface area contributed by atoms with E-state index in [1.165, 1.54) is 24.0 Å². The molecule has 21 heavy (non-hydrogen) atoms. The van der Waals surface area contributed by atoms with Crippen molar-refractivity contribution < 1.29 is 4.74 Å². The molecule has 4 nitrogen and oxygen atoms in total. The number of aromatic amines is 1. The highest BCUT2D eigenvalue weighted by Gasteiger charge is 2.21. The van der Waals surface area contributed by atoms with Gasteiger partial charge in [-0.25, -0.2) is 0 Å². The van der Waals surface area contributed by atoms with Crippen LogP contribution in [0.4, 0.5) is 0 Å². The van der Waals surface area contributed by atoms with Crippen LogP contribution in [-0.4, -0.2) is 22.8 Å². The molecule has 0 radical (unpaired) electrons. The molecular formula is C17H23N3O. The predicted molar refractivity (Wildman–Crippen MR) is 83.5 cm³/mol. The first kappa shape index (κ1) is 14.1. The summed E-state index contributed by atoms with van der Waals surface area (Å²) in [5.41, 5.74) is 3.56. The van der Waals surface area contributed by atoms with Crippen LogP contribution in [0.2, 0.25) is 0 Å². The number of ether oxygens (including phenoxy) is 1. The molecule has 0 aliphatic heterocycles. The SMILES string of the molecule is Cc1cc(OCc2ccc(C(C)CNC3CC3)cc2)n[nH]1. The van der Waals surface area contributed by atoms with E-state index >= 15 is 0 Å². The van der Waals surface area contributed by atoms with E-state index in [2.05, 4.69) is 46.7 Å². The van der Waals surface area contributed by atoms with E-state index < -0.39 is 0 Å². The highest BCUT2D eigenvalue weighted by Crippen LogP contribution is 2.21. The number of aromatic nitrogens is 2. The Bertz CT molecular complexity index is 572. The lowest BCUT2D eigenvalue weighted by molar-refractivity contribution is 0.293. The minimum atomic E-state index is 0.551. The zero-order valence-corrected chi connectivity index (χ0v) is 12.7. The van der Waals surface area contributed by atoms with Crippen LogP contribution in [0.5, 0.6) is 5.88 Å². The third-order valence-corrected chi connectivity index (χ3v) is 3.91. The molecule has 4 heteroatoms. The second-order valence-corrected chi connectivity index (χ2v) is 6.00. The summed E-state index contributed by atoms with van der Waals surface area (Å²) in [6, 6.07) is 11.4. The molecule has 0 bridgehead atoms. The average Bonchev–Trinajstić information content (AvgIpc) is 3.24. The van der Waals surface area contributed by atoms with Gasteiger partial charge in [-0.2, -0.15) is 0 Å². The Kier molecular flexibility index (Phi) is 4.25. The van der Waals surface area contributed by atoms with Crippen molar-refractivity contribution in [3.05, 3.63) is 47.2 Å². The van der Waals surface area contributed by atoms with Gasteiger partial charge in [0.25, 0.3) is 0 Å². The molecule has 1 heterocycles. The van der Waals surface area contributed by atoms with Crippen molar-refractivity contribution in [2.75, 3.05) is 6.54 Å². The number of nitrogens with one attached hydrogen (secondary N) is 2. The first-order valence-corrected chi connectivity index (χ1v) is 7.68. The zero-order valence-electron chi connectivity index (χ0n) is 12.7. The molecule has 112 valence electrons. The molecule has 3 rings (SSSR count). The van der Waals surface area contributed by atoms with Gasteiger partial charge in [-0.1, -0.05) is 31.2 Å². The van der Waals surface area contributed by atoms with Crippen LogP contribution in [0.1, 0.15) is 42.5 Å². The summed E-state index contributed by atoms with van der Waals surface area (Å²) in [4.78, 5) is 0. The first-order valence-electron chi connectivity index (χ1n) is 7.68. The number of H-pyrrole nitrogens is 1. The molecule has 2 N–H and O–H groups in total. The van der Waals surface area contributed by atoms with Crippen LogP contribution in [0.3, 0.4) is 0 Å². The Balaban J connectivity index is 1.50. The van der Waals surface area contributed by atoms with Gasteiger partial charge in [-0.15, -0.1) is 5.10 Å². The van der Waals surface area contributed by atoms with E-state index in [0.717, 1.165) is 18.3 Å². The molecule has 1 atom stereocenters. The lowest BCUT2D eigenvalue weighted by atomic mass is 10.00. The molecule has 1 aliphatic carbocycles. The Labute approximate surface area is 125 Å². The maximum atomic E-state index is 5.65. The van der Waals surface area contributed by atoms with Crippen molar-refractivity contribution >= 4 is 0 Å². The average molecular weight is 285 g/mol. The molecule has 1 aliphatic rings. The molecule has 1 aromatic carbocycles. The van der Waals surface area contributed by atoms with Crippen molar-refractivity contribution in [2.45, 2.75) is 45.3 Å². The molecule has 0 spiro atoms. The summed E-state index contributed by atoms with van der Waals surface area (Å²) in [5, 5.41) is 10.5. The molecule has 0 amide bonds. The van der Waals surface area contributed by atoms with Gasteiger partial charge in [-0.05, 0) is 36.8 Å². The molecule has 1 aromatic heterocycles. The van der Waals surface area contributed by atoms with E-state index in [0.29, 0.717) is 18.4 Å². The van der Waals surface area contributed by atoms with E-state index in [9.17, 15) is 0 Å². The van der Waals surface area contributed by atoms with Gasteiger partial charge in [-0.3, -0.25) is 5.10 Å². The fraction of sp³-hybridized carbons (Fsp3) is 0.471. The summed E-state index contributed by atoms with van der Waals surface area (Å²) in [5.74, 6) is 1.20. The van der Waals surface area contributed by atoms with E-state index in [4.69, 9.17) is 4.74 Å². The number of hydrogen-bond acceptors (Lipinski definition) is 3. The standard InChI is InChI=1S/C17H23N3O/c1-12(10-18-16-7-8-16)15-5-3-14(4-6-15)11-21-17-9-13(2)19-20-17/h3-6,9,12,16,18H,7-8,10-11H2,1-2H3,(H,19,20). The van der Waals surface area contributed by atoms with Gasteiger partial charge in [0, 0.05) is 24.3 Å². The van der Waals surface area contributed by atoms with E-state index in [1.807, 2.05) is 13.0 Å². The van der Waals surface area contributed by atoms with Crippen LogP contribution in [0.25, 0.3) is 0 Å². The Morgan fingerprint density at radius 3 is 2.71 bits per heavy atom. The predicted octanol–water partition coefficient (Wildman–Crippen LogP) is 3.15. The summed E-state index contributed by atoms with van der Waals surface area (Å²) in [7, 11) is 0. The molecule has 1 unspecified atom stereocenters. The highest BCUT2D eigenvalue weighted by molar-refractivity contribution is 5.25. The number of benzene rings is 1. The van der Waals surface area contributed by atoms with Gasteiger partial charge >= 0.3 is 0 Å². The molecule has 1 saturated carbocycles. The van der Waals surface area contributed by atoms with Gasteiger partial charge in [0.05, 0.1) is 0 Å². The Morgan fingerprint density at radius 1 is 1.33 bits per heavy atom. The smallest absolute Gasteiger partial charge is 0.233 e. The number of rotatable bonds is 7. The second-order valence-electron chi connectivity index (χ2n) is 6.00. The van der Waals surface area contributed by atoms with Crippen LogP contribution >= 0.6 is 0 Å². The van der Waals surface area contributed by atoms with Crippen LogP contribution in [0.15, 0.2) is 30.3 Å². The highest BCUT2D eigenvalue weighted by atomic mass is 16.5. The van der Waals surface area contributed by atoms with Crippen molar-refractivity contribution in [1.29, 1.82) is 0 Å². The lowest BCUT2D eigenvalue weighted by Gasteiger charge is -2.13. The normalized spacial score (nSPS) is 15.9. The minimum absolute atomic E-state index is 0.551. The monoisotopic (exact) mass is 285 g/mol. The molecule has 1 fully saturated rings.